The van der Waals surface area contributed by atoms with Crippen LogP contribution in [0.25, 0.3) is 55.5 Å². The lowest BCUT2D eigenvalue weighted by Gasteiger charge is -2.35. The molecule has 0 aliphatic heterocycles. The average molecular weight is 630 g/mol. The Hall–Kier alpha value is -6.35. The van der Waals surface area contributed by atoms with Crippen LogP contribution in [0.3, 0.4) is 0 Å². The number of fused-ring (bicyclic) bond motifs is 8. The first-order chi connectivity index (χ1) is 23.8. The van der Waals surface area contributed by atoms with Crippen LogP contribution < -0.4 is 15.6 Å². The standard InChI is InChI=1S/C43H27N3OSi/c1-4-14-31(15-5-1)48(32-16-6-2-7-17-32,33-18-8-3-9-19-33)34-25-26-39-40(29-34)46-38-22-12-11-21-37(38)44-43(46)45(39)30-24-27-42-36(28-30)35-20-10-13-23-41(35)47-42/h1-2,4-8,10-29H. The van der Waals surface area contributed by atoms with Crippen molar-refractivity contribution in [3.63, 3.8) is 0 Å². The summed E-state index contributed by atoms with van der Waals surface area (Å²) in [5.74, 6) is 0.879. The molecule has 0 radical (unpaired) electrons. The third-order valence-corrected chi connectivity index (χ3v) is 14.5. The molecule has 224 valence electrons. The summed E-state index contributed by atoms with van der Waals surface area (Å²) < 4.78 is 10.8. The number of nitrogens with zero attached hydrogens (tertiary/aromatic N) is 3. The number of hydrogen-bond acceptors (Lipinski definition) is 2. The van der Waals surface area contributed by atoms with E-state index in [1.54, 1.807) is 0 Å². The molecule has 0 bridgehead atoms. The van der Waals surface area contributed by atoms with Gasteiger partial charge in [-0.1, -0.05) is 115 Å². The van der Waals surface area contributed by atoms with Crippen LogP contribution in [0.1, 0.15) is 0 Å². The van der Waals surface area contributed by atoms with E-state index in [1.165, 1.54) is 20.8 Å². The van der Waals surface area contributed by atoms with E-state index in [0.29, 0.717) is 0 Å². The second-order valence-electron chi connectivity index (χ2n) is 12.3. The Morgan fingerprint density at radius 3 is 2.08 bits per heavy atom. The molecule has 0 spiro atoms. The average Bonchev–Trinajstić information content (AvgIpc) is 3.82. The van der Waals surface area contributed by atoms with Crippen molar-refractivity contribution in [2.75, 3.05) is 0 Å². The van der Waals surface area contributed by atoms with Crippen LogP contribution in [0, 0.1) is 0 Å². The van der Waals surface area contributed by atoms with E-state index in [1.807, 2.05) is 18.2 Å². The van der Waals surface area contributed by atoms with Gasteiger partial charge in [0.05, 0.1) is 27.8 Å². The molecule has 0 saturated heterocycles. The van der Waals surface area contributed by atoms with Gasteiger partial charge in [0.1, 0.15) is 11.2 Å². The Kier molecular flexibility index (Phi) is 5.77. The number of furan rings is 1. The Balaban J connectivity index is 1.32. The fraction of sp³-hybridized carbons (Fsp3) is 0. The molecule has 0 atom stereocenters. The molecule has 1 aliphatic carbocycles. The molecule has 1 aliphatic rings. The summed E-state index contributed by atoms with van der Waals surface area (Å²) in [6.45, 7) is 0. The van der Waals surface area contributed by atoms with Crippen molar-refractivity contribution in [3.8, 4) is 5.69 Å². The van der Waals surface area contributed by atoms with Gasteiger partial charge in [0, 0.05) is 10.8 Å². The molecule has 48 heavy (non-hydrogen) atoms. The van der Waals surface area contributed by atoms with Crippen LogP contribution in [0.2, 0.25) is 0 Å². The predicted molar refractivity (Wildman–Crippen MR) is 199 cm³/mol. The zero-order valence-electron chi connectivity index (χ0n) is 25.8. The van der Waals surface area contributed by atoms with Gasteiger partial charge in [0.15, 0.2) is 8.07 Å². The summed E-state index contributed by atoms with van der Waals surface area (Å²) >= 11 is 0. The SMILES string of the molecule is C1=C=CC([Si](c2ccccc2)(c2ccccc2)c2ccc3c(c2)n2c4ccccc4nc2n3-c2ccc3oc4ccccc4c3c2)=CC=1. The minimum atomic E-state index is -2.79. The molecular formula is C43H27N3OSi. The minimum Gasteiger partial charge on any atom is -0.456 e. The number of aromatic nitrogens is 3. The van der Waals surface area contributed by atoms with Gasteiger partial charge in [-0.15, -0.1) is 0 Å². The summed E-state index contributed by atoms with van der Waals surface area (Å²) in [5, 5.41) is 7.39. The van der Waals surface area contributed by atoms with Crippen LogP contribution >= 0.6 is 0 Å². The fourth-order valence-corrected chi connectivity index (χ4v) is 12.4. The van der Waals surface area contributed by atoms with Crippen LogP contribution in [-0.2, 0) is 0 Å². The lowest BCUT2D eigenvalue weighted by atomic mass is 10.1. The van der Waals surface area contributed by atoms with Gasteiger partial charge in [0.2, 0.25) is 5.78 Å². The number of allylic oxidation sites excluding steroid dienone is 4. The van der Waals surface area contributed by atoms with E-state index >= 15 is 0 Å². The van der Waals surface area contributed by atoms with Crippen LogP contribution in [-0.4, -0.2) is 22.0 Å². The molecule has 5 heteroatoms. The van der Waals surface area contributed by atoms with Gasteiger partial charge in [-0.05, 0) is 81.4 Å². The quantitative estimate of drug-likeness (QED) is 0.109. The molecule has 0 N–H and O–H groups in total. The third-order valence-electron chi connectivity index (χ3n) is 9.76. The molecule has 0 saturated carbocycles. The van der Waals surface area contributed by atoms with Gasteiger partial charge in [-0.2, -0.15) is 0 Å². The van der Waals surface area contributed by atoms with E-state index in [2.05, 4.69) is 166 Å². The van der Waals surface area contributed by atoms with E-state index in [0.717, 1.165) is 55.5 Å². The molecule has 3 heterocycles. The van der Waals surface area contributed by atoms with Crippen molar-refractivity contribution in [1.82, 2.24) is 14.0 Å². The number of imidazole rings is 2. The topological polar surface area (TPSA) is 35.4 Å². The van der Waals surface area contributed by atoms with Crippen molar-refractivity contribution in [2.45, 2.75) is 0 Å². The van der Waals surface area contributed by atoms with Crippen molar-refractivity contribution in [3.05, 3.63) is 180 Å². The Morgan fingerprint density at radius 1 is 0.562 bits per heavy atom. The van der Waals surface area contributed by atoms with Crippen LogP contribution in [0.15, 0.2) is 185 Å². The van der Waals surface area contributed by atoms with Gasteiger partial charge < -0.3 is 4.42 Å². The monoisotopic (exact) mass is 629 g/mol. The predicted octanol–water partition coefficient (Wildman–Crippen LogP) is 8.15. The number of rotatable bonds is 5. The maximum atomic E-state index is 6.20. The zero-order valence-corrected chi connectivity index (χ0v) is 26.8. The first-order valence-electron chi connectivity index (χ1n) is 16.1. The van der Waals surface area contributed by atoms with Crippen molar-refractivity contribution in [2.24, 2.45) is 0 Å². The molecule has 4 nitrogen and oxygen atoms in total. The smallest absolute Gasteiger partial charge is 0.220 e. The lowest BCUT2D eigenvalue weighted by molar-refractivity contribution is 0.669. The lowest BCUT2D eigenvalue weighted by Crippen LogP contribution is -2.68. The fourth-order valence-electron chi connectivity index (χ4n) is 7.70. The molecular weight excluding hydrogens is 603 g/mol. The summed E-state index contributed by atoms with van der Waals surface area (Å²) in [6.07, 6.45) is 6.36. The van der Waals surface area contributed by atoms with Crippen LogP contribution in [0.4, 0.5) is 0 Å². The van der Waals surface area contributed by atoms with E-state index in [9.17, 15) is 0 Å². The second kappa shape index (κ2) is 10.3. The van der Waals surface area contributed by atoms with E-state index in [4.69, 9.17) is 9.40 Å². The van der Waals surface area contributed by atoms with Crippen molar-refractivity contribution in [1.29, 1.82) is 0 Å². The first-order valence-corrected chi connectivity index (χ1v) is 18.1. The second-order valence-corrected chi connectivity index (χ2v) is 16.1. The molecule has 6 aromatic carbocycles. The summed E-state index contributed by atoms with van der Waals surface area (Å²) in [7, 11) is -2.79. The molecule has 0 fully saturated rings. The summed E-state index contributed by atoms with van der Waals surface area (Å²) in [4.78, 5) is 5.23. The maximum Gasteiger partial charge on any atom is 0.220 e. The highest BCUT2D eigenvalue weighted by Gasteiger charge is 2.42. The number of benzene rings is 6. The number of hydrogen-bond donors (Lipinski definition) is 0. The summed E-state index contributed by atoms with van der Waals surface area (Å²) in [6, 6.07) is 52.1. The van der Waals surface area contributed by atoms with Crippen molar-refractivity contribution >= 4 is 73.4 Å². The third kappa shape index (κ3) is 3.75. The van der Waals surface area contributed by atoms with Crippen LogP contribution in [0.5, 0.6) is 0 Å². The highest BCUT2D eigenvalue weighted by molar-refractivity contribution is 7.16. The van der Waals surface area contributed by atoms with Gasteiger partial charge >= 0.3 is 0 Å². The molecule has 0 unspecified atom stereocenters. The normalized spacial score (nSPS) is 13.0. The van der Waals surface area contributed by atoms with E-state index in [-0.39, 0.29) is 0 Å². The summed E-state index contributed by atoms with van der Waals surface area (Å²) in [5.41, 5.74) is 13.5. The highest BCUT2D eigenvalue weighted by atomic mass is 28.3. The first kappa shape index (κ1) is 26.8. The Bertz CT molecular complexity index is 2820. The van der Waals surface area contributed by atoms with Gasteiger partial charge in [-0.25, -0.2) is 4.98 Å². The minimum absolute atomic E-state index is 0.877. The molecule has 3 aromatic heterocycles. The van der Waals surface area contributed by atoms with Gasteiger partial charge in [0.25, 0.3) is 0 Å². The van der Waals surface area contributed by atoms with Gasteiger partial charge in [-0.3, -0.25) is 8.97 Å². The Labute approximate surface area is 277 Å². The zero-order chi connectivity index (χ0) is 31.7. The highest BCUT2D eigenvalue weighted by Crippen LogP contribution is 2.34. The molecule has 10 rings (SSSR count). The Morgan fingerprint density at radius 2 is 1.29 bits per heavy atom. The maximum absolute atomic E-state index is 6.20. The largest absolute Gasteiger partial charge is 0.456 e. The molecule has 0 amide bonds. The molecule has 9 aromatic rings. The van der Waals surface area contributed by atoms with Crippen molar-refractivity contribution < 1.29 is 4.42 Å². The van der Waals surface area contributed by atoms with E-state index < -0.39 is 8.07 Å². The number of para-hydroxylation sites is 3.